The van der Waals surface area contributed by atoms with Crippen molar-refractivity contribution in [2.75, 3.05) is 24.5 Å². The van der Waals surface area contributed by atoms with Gasteiger partial charge in [-0.15, -0.1) is 0 Å². The summed E-state index contributed by atoms with van der Waals surface area (Å²) in [5.74, 6) is -0.589. The van der Waals surface area contributed by atoms with Crippen molar-refractivity contribution in [1.82, 2.24) is 14.4 Å². The third-order valence-corrected chi connectivity index (χ3v) is 8.58. The van der Waals surface area contributed by atoms with Gasteiger partial charge < -0.3 is 14.4 Å². The molecular weight excluding hydrogens is 514 g/mol. The molecule has 3 aromatic rings. The van der Waals surface area contributed by atoms with E-state index in [-0.39, 0.29) is 42.5 Å². The lowest BCUT2D eigenvalue weighted by Crippen LogP contribution is -2.51. The number of fused-ring (bicyclic) bond motifs is 9. The maximum Gasteiger partial charge on any atom is 0.334 e. The quantitative estimate of drug-likeness (QED) is 0.371. The van der Waals surface area contributed by atoms with Crippen molar-refractivity contribution in [3.05, 3.63) is 104 Å². The Bertz CT molecular complexity index is 1680. The molecule has 4 aliphatic heterocycles. The number of piperidine rings is 1. The largest absolute Gasteiger partial charge is 0.342 e. The first-order valence-corrected chi connectivity index (χ1v) is 13.3. The van der Waals surface area contributed by atoms with E-state index in [1.165, 1.54) is 10.6 Å². The molecular formula is C29H25N5O6. The lowest BCUT2D eigenvalue weighted by Gasteiger charge is -2.43. The van der Waals surface area contributed by atoms with Crippen LogP contribution in [0.3, 0.4) is 0 Å². The fraction of sp³-hybridized carbons (Fsp3) is 0.310. The van der Waals surface area contributed by atoms with Crippen LogP contribution in [-0.4, -0.2) is 56.6 Å². The molecule has 11 nitrogen and oxygen atoms in total. The number of aromatic nitrogens is 1. The summed E-state index contributed by atoms with van der Waals surface area (Å²) in [5, 5.41) is 11.2. The van der Waals surface area contributed by atoms with Crippen LogP contribution in [0.15, 0.2) is 65.5 Å². The number of rotatable bonds is 4. The standard InChI is InChI=1S/C29H25N5O6/c35-25(30-14-17-13-18(16-30)22-9-10-24(34(39)40)29(38)32(22)15-17)11-12-31-26-19-5-1-2-6-20(19)28(37)33(26)23-8-4-3-7-21(23)27(31)36/h1-10,17-18,26H,11-16H2/t17-,18+,26-/m1/s1. The van der Waals surface area contributed by atoms with E-state index >= 15 is 0 Å². The monoisotopic (exact) mass is 539 g/mol. The minimum absolute atomic E-state index is 0.00761. The molecule has 1 saturated heterocycles. The van der Waals surface area contributed by atoms with E-state index in [9.17, 15) is 29.3 Å². The molecule has 3 amide bonds. The highest BCUT2D eigenvalue weighted by Crippen LogP contribution is 2.45. The molecule has 0 spiro atoms. The van der Waals surface area contributed by atoms with Crippen molar-refractivity contribution >= 4 is 29.1 Å². The predicted octanol–water partition coefficient (Wildman–Crippen LogP) is 2.91. The molecule has 0 aliphatic carbocycles. The molecule has 7 rings (SSSR count). The fourth-order valence-corrected chi connectivity index (χ4v) is 6.85. The molecule has 1 fully saturated rings. The van der Waals surface area contributed by atoms with Gasteiger partial charge in [-0.05, 0) is 36.6 Å². The number of para-hydroxylation sites is 1. The summed E-state index contributed by atoms with van der Waals surface area (Å²) < 4.78 is 1.49. The molecule has 0 unspecified atom stereocenters. The van der Waals surface area contributed by atoms with E-state index in [1.54, 1.807) is 57.2 Å². The van der Waals surface area contributed by atoms with E-state index in [0.29, 0.717) is 42.1 Å². The van der Waals surface area contributed by atoms with Gasteiger partial charge in [0.1, 0.15) is 6.17 Å². The van der Waals surface area contributed by atoms with Crippen LogP contribution in [-0.2, 0) is 11.3 Å². The van der Waals surface area contributed by atoms with Gasteiger partial charge in [0.05, 0.1) is 16.2 Å². The van der Waals surface area contributed by atoms with Crippen molar-refractivity contribution in [1.29, 1.82) is 0 Å². The third kappa shape index (κ3) is 3.50. The number of nitrogens with zero attached hydrogens (tertiary/aromatic N) is 5. The number of nitro groups is 1. The topological polar surface area (TPSA) is 126 Å². The normalized spacial score (nSPS) is 22.4. The molecule has 4 aliphatic rings. The number of anilines is 1. The first kappa shape index (κ1) is 24.3. The fourth-order valence-electron chi connectivity index (χ4n) is 6.85. The van der Waals surface area contributed by atoms with Gasteiger partial charge in [-0.25, -0.2) is 0 Å². The highest BCUT2D eigenvalue weighted by molar-refractivity contribution is 6.16. The number of carbonyl (C=O) groups excluding carboxylic acids is 3. The first-order valence-electron chi connectivity index (χ1n) is 13.3. The molecule has 0 N–H and O–H groups in total. The van der Waals surface area contributed by atoms with Gasteiger partial charge in [-0.2, -0.15) is 0 Å². The van der Waals surface area contributed by atoms with Crippen LogP contribution in [0.1, 0.15) is 56.9 Å². The Morgan fingerprint density at radius 3 is 2.45 bits per heavy atom. The molecule has 3 atom stereocenters. The van der Waals surface area contributed by atoms with Crippen molar-refractivity contribution < 1.29 is 19.3 Å². The Morgan fingerprint density at radius 1 is 0.900 bits per heavy atom. The number of hydrogen-bond donors (Lipinski definition) is 0. The first-order chi connectivity index (χ1) is 19.3. The second-order valence-corrected chi connectivity index (χ2v) is 10.8. The van der Waals surface area contributed by atoms with Crippen molar-refractivity contribution in [3.8, 4) is 0 Å². The molecule has 2 bridgehead atoms. The average molecular weight is 540 g/mol. The smallest absolute Gasteiger partial charge is 0.334 e. The third-order valence-electron chi connectivity index (χ3n) is 8.58. The Labute approximate surface area is 228 Å². The minimum Gasteiger partial charge on any atom is -0.342 e. The minimum atomic E-state index is -0.659. The summed E-state index contributed by atoms with van der Waals surface area (Å²) in [6.45, 7) is 1.31. The highest BCUT2D eigenvalue weighted by atomic mass is 16.6. The van der Waals surface area contributed by atoms with Crippen LogP contribution >= 0.6 is 0 Å². The molecule has 40 heavy (non-hydrogen) atoms. The summed E-state index contributed by atoms with van der Waals surface area (Å²) in [4.78, 5) is 68.8. The van der Waals surface area contributed by atoms with Gasteiger partial charge >= 0.3 is 11.2 Å². The zero-order valence-electron chi connectivity index (χ0n) is 21.4. The number of amides is 3. The van der Waals surface area contributed by atoms with Crippen LogP contribution in [0.4, 0.5) is 11.4 Å². The molecule has 0 saturated carbocycles. The van der Waals surface area contributed by atoms with Gasteiger partial charge in [0.2, 0.25) is 5.91 Å². The van der Waals surface area contributed by atoms with Gasteiger partial charge in [-0.3, -0.25) is 34.2 Å². The van der Waals surface area contributed by atoms with E-state index in [0.717, 1.165) is 12.0 Å². The summed E-state index contributed by atoms with van der Waals surface area (Å²) in [7, 11) is 0. The van der Waals surface area contributed by atoms with Gasteiger partial charge in [0.25, 0.3) is 11.8 Å². The van der Waals surface area contributed by atoms with E-state index in [1.807, 2.05) is 12.1 Å². The summed E-state index contributed by atoms with van der Waals surface area (Å²) in [6.07, 6.45) is 0.272. The van der Waals surface area contributed by atoms with Crippen molar-refractivity contribution in [2.45, 2.75) is 31.5 Å². The Hall–Kier alpha value is -4.80. The molecule has 5 heterocycles. The van der Waals surface area contributed by atoms with E-state index < -0.39 is 22.3 Å². The second kappa shape index (κ2) is 8.87. The zero-order valence-corrected chi connectivity index (χ0v) is 21.4. The summed E-state index contributed by atoms with van der Waals surface area (Å²) in [5.41, 5.74) is 1.96. The Kier molecular flexibility index (Phi) is 5.38. The Balaban J connectivity index is 1.13. The highest BCUT2D eigenvalue weighted by Gasteiger charge is 2.47. The van der Waals surface area contributed by atoms with Crippen molar-refractivity contribution in [3.63, 3.8) is 0 Å². The number of pyridine rings is 1. The summed E-state index contributed by atoms with van der Waals surface area (Å²) in [6, 6.07) is 17.2. The summed E-state index contributed by atoms with van der Waals surface area (Å²) >= 11 is 0. The molecule has 0 radical (unpaired) electrons. The number of benzene rings is 2. The average Bonchev–Trinajstić information content (AvgIpc) is 3.25. The van der Waals surface area contributed by atoms with Crippen LogP contribution in [0.25, 0.3) is 0 Å². The van der Waals surface area contributed by atoms with Gasteiger partial charge in [0, 0.05) is 61.4 Å². The Morgan fingerprint density at radius 2 is 1.65 bits per heavy atom. The maximum absolute atomic E-state index is 13.7. The lowest BCUT2D eigenvalue weighted by atomic mass is 9.83. The van der Waals surface area contributed by atoms with Gasteiger partial charge in [0.15, 0.2) is 0 Å². The SMILES string of the molecule is O=C(CCN1C(=O)c2ccccc2N2C(=O)c3ccccc3[C@H]12)N1C[C@H]2C[C@@H](C1)c1ccc([N+](=O)[O-])c(=O)n1C2. The molecule has 2 aromatic carbocycles. The zero-order chi connectivity index (χ0) is 27.7. The predicted molar refractivity (Wildman–Crippen MR) is 143 cm³/mol. The maximum atomic E-state index is 13.7. The van der Waals surface area contributed by atoms with E-state index in [2.05, 4.69) is 0 Å². The number of hydrogen-bond acceptors (Lipinski definition) is 6. The van der Waals surface area contributed by atoms with Crippen molar-refractivity contribution in [2.24, 2.45) is 5.92 Å². The lowest BCUT2D eigenvalue weighted by molar-refractivity contribution is -0.386. The second-order valence-electron chi connectivity index (χ2n) is 10.8. The van der Waals surface area contributed by atoms with Crippen LogP contribution in [0.5, 0.6) is 0 Å². The number of carbonyl (C=O) groups is 3. The van der Waals surface area contributed by atoms with Crippen LogP contribution in [0, 0.1) is 16.0 Å². The molecule has 202 valence electrons. The van der Waals surface area contributed by atoms with Crippen LogP contribution in [0.2, 0.25) is 0 Å². The van der Waals surface area contributed by atoms with E-state index in [4.69, 9.17) is 0 Å². The molecule has 11 heteroatoms. The van der Waals surface area contributed by atoms with Crippen LogP contribution < -0.4 is 10.5 Å². The van der Waals surface area contributed by atoms with Gasteiger partial charge in [-0.1, -0.05) is 30.3 Å². The number of likely N-dealkylation sites (tertiary alicyclic amines) is 1. The molecule has 1 aromatic heterocycles.